The molecule has 5 nitrogen and oxygen atoms in total. The first-order chi connectivity index (χ1) is 13.0. The Morgan fingerprint density at radius 2 is 1.78 bits per heavy atom. The van der Waals surface area contributed by atoms with Crippen LogP contribution in [0.15, 0.2) is 59.6 Å². The minimum absolute atomic E-state index is 0.306. The molecular weight excluding hydrogens is 358 g/mol. The smallest absolute Gasteiger partial charge is 0.236 e. The Morgan fingerprint density at radius 3 is 2.56 bits per heavy atom. The van der Waals surface area contributed by atoms with Gasteiger partial charge in [0.15, 0.2) is 5.82 Å². The average molecular weight is 379 g/mol. The molecule has 0 fully saturated rings. The summed E-state index contributed by atoms with van der Waals surface area (Å²) in [5.74, 6) is 0.681. The molecule has 27 heavy (non-hydrogen) atoms. The molecule has 0 saturated carbocycles. The Morgan fingerprint density at radius 1 is 1.00 bits per heavy atom. The van der Waals surface area contributed by atoms with Crippen LogP contribution in [0.4, 0.5) is 0 Å². The fraction of sp³-hybridized carbons (Fsp3) is 0.238. The van der Waals surface area contributed by atoms with Gasteiger partial charge in [0, 0.05) is 36.8 Å². The highest BCUT2D eigenvalue weighted by Crippen LogP contribution is 2.27. The molecule has 6 heteroatoms. The Balaban J connectivity index is 1.64. The second-order valence-corrected chi connectivity index (χ2v) is 8.72. The second-order valence-electron chi connectivity index (χ2n) is 6.82. The first-order valence-electron chi connectivity index (χ1n) is 8.93. The Kier molecular flexibility index (Phi) is 4.53. The minimum atomic E-state index is -3.54. The Hall–Kier alpha value is -2.57. The number of nitrogens with zero attached hydrogens (tertiary/aromatic N) is 3. The molecule has 2 aromatic carbocycles. The molecule has 0 spiro atoms. The molecule has 1 aromatic heterocycles. The molecule has 0 saturated heterocycles. The van der Waals surface area contributed by atoms with Crippen molar-refractivity contribution >= 4 is 10.0 Å². The van der Waals surface area contributed by atoms with Crippen molar-refractivity contribution in [3.8, 4) is 11.4 Å². The summed E-state index contributed by atoms with van der Waals surface area (Å²) >= 11 is 0. The number of hydrogen-bond acceptors (Lipinski definition) is 4. The van der Waals surface area contributed by atoms with Crippen LogP contribution < -0.4 is 0 Å². The number of aryl methyl sites for hydroxylation is 1. The minimum Gasteiger partial charge on any atom is -0.236 e. The lowest BCUT2D eigenvalue weighted by Gasteiger charge is -2.28. The summed E-state index contributed by atoms with van der Waals surface area (Å²) in [6, 6.07) is 15.2. The van der Waals surface area contributed by atoms with Crippen LogP contribution in [0.5, 0.6) is 0 Å². The lowest BCUT2D eigenvalue weighted by atomic mass is 10.1. The normalized spacial score (nSPS) is 14.7. The van der Waals surface area contributed by atoms with Crippen molar-refractivity contribution < 1.29 is 8.42 Å². The maximum atomic E-state index is 13.1. The molecule has 138 valence electrons. The van der Waals surface area contributed by atoms with E-state index >= 15 is 0 Å². The van der Waals surface area contributed by atoms with Gasteiger partial charge < -0.3 is 0 Å². The highest BCUT2D eigenvalue weighted by molar-refractivity contribution is 7.89. The van der Waals surface area contributed by atoms with Crippen LogP contribution in [0.2, 0.25) is 0 Å². The molecule has 1 aliphatic rings. The SMILES string of the molecule is Cc1cccc(S(=O)(=O)N2CCc3nc(-c4ccccc4)ncc3C2)c1C. The maximum Gasteiger partial charge on any atom is 0.243 e. The summed E-state index contributed by atoms with van der Waals surface area (Å²) in [5, 5.41) is 0. The van der Waals surface area contributed by atoms with Gasteiger partial charge in [0.25, 0.3) is 0 Å². The maximum absolute atomic E-state index is 13.1. The number of benzene rings is 2. The third-order valence-electron chi connectivity index (χ3n) is 5.10. The van der Waals surface area contributed by atoms with Gasteiger partial charge in [-0.25, -0.2) is 18.4 Å². The number of fused-ring (bicyclic) bond motifs is 1. The number of hydrogen-bond donors (Lipinski definition) is 0. The van der Waals surface area contributed by atoms with E-state index in [0.29, 0.717) is 30.2 Å². The molecule has 1 aliphatic heterocycles. The summed E-state index contributed by atoms with van der Waals surface area (Å²) < 4.78 is 27.8. The van der Waals surface area contributed by atoms with E-state index in [2.05, 4.69) is 9.97 Å². The van der Waals surface area contributed by atoms with Crippen molar-refractivity contribution in [1.29, 1.82) is 0 Å². The predicted molar refractivity (Wildman–Crippen MR) is 105 cm³/mol. The van der Waals surface area contributed by atoms with Crippen LogP contribution in [-0.4, -0.2) is 29.2 Å². The number of aromatic nitrogens is 2. The molecule has 0 atom stereocenters. The molecule has 2 heterocycles. The average Bonchev–Trinajstić information content (AvgIpc) is 2.69. The van der Waals surface area contributed by atoms with E-state index in [9.17, 15) is 8.42 Å². The van der Waals surface area contributed by atoms with Crippen LogP contribution >= 0.6 is 0 Å². The van der Waals surface area contributed by atoms with E-state index in [1.165, 1.54) is 4.31 Å². The van der Waals surface area contributed by atoms with Gasteiger partial charge in [-0.1, -0.05) is 42.5 Å². The van der Waals surface area contributed by atoms with Crippen LogP contribution in [-0.2, 0) is 23.0 Å². The Labute approximate surface area is 159 Å². The predicted octanol–water partition coefficient (Wildman–Crippen LogP) is 3.51. The summed E-state index contributed by atoms with van der Waals surface area (Å²) in [5.41, 5.74) is 4.54. The largest absolute Gasteiger partial charge is 0.243 e. The topological polar surface area (TPSA) is 63.2 Å². The molecule has 0 unspecified atom stereocenters. The molecule has 0 amide bonds. The van der Waals surface area contributed by atoms with E-state index in [0.717, 1.165) is 27.9 Å². The van der Waals surface area contributed by atoms with Crippen LogP contribution in [0.25, 0.3) is 11.4 Å². The lowest BCUT2D eigenvalue weighted by Crippen LogP contribution is -2.36. The van der Waals surface area contributed by atoms with Crippen LogP contribution in [0.1, 0.15) is 22.4 Å². The van der Waals surface area contributed by atoms with Gasteiger partial charge in [-0.3, -0.25) is 0 Å². The van der Waals surface area contributed by atoms with E-state index in [1.54, 1.807) is 18.3 Å². The zero-order chi connectivity index (χ0) is 19.0. The summed E-state index contributed by atoms with van der Waals surface area (Å²) in [6.45, 7) is 4.52. The van der Waals surface area contributed by atoms with Crippen molar-refractivity contribution in [3.05, 3.63) is 77.1 Å². The van der Waals surface area contributed by atoms with Crippen molar-refractivity contribution in [2.45, 2.75) is 31.7 Å². The Bertz CT molecular complexity index is 1100. The van der Waals surface area contributed by atoms with E-state index in [-0.39, 0.29) is 0 Å². The van der Waals surface area contributed by atoms with E-state index in [1.807, 2.05) is 50.2 Å². The van der Waals surface area contributed by atoms with Gasteiger partial charge in [0.05, 0.1) is 10.6 Å². The zero-order valence-corrected chi connectivity index (χ0v) is 16.2. The van der Waals surface area contributed by atoms with Crippen molar-refractivity contribution in [2.75, 3.05) is 6.54 Å². The van der Waals surface area contributed by atoms with Gasteiger partial charge >= 0.3 is 0 Å². The first-order valence-corrected chi connectivity index (χ1v) is 10.4. The quantitative estimate of drug-likeness (QED) is 0.699. The van der Waals surface area contributed by atoms with Crippen molar-refractivity contribution in [1.82, 2.24) is 14.3 Å². The molecular formula is C21H21N3O2S. The van der Waals surface area contributed by atoms with Gasteiger partial charge in [0.1, 0.15) is 0 Å². The van der Waals surface area contributed by atoms with Gasteiger partial charge in [-0.15, -0.1) is 0 Å². The molecule has 0 radical (unpaired) electrons. The molecule has 4 rings (SSSR count). The summed E-state index contributed by atoms with van der Waals surface area (Å²) in [4.78, 5) is 9.50. The highest BCUT2D eigenvalue weighted by atomic mass is 32.2. The second kappa shape index (κ2) is 6.87. The van der Waals surface area contributed by atoms with Crippen LogP contribution in [0.3, 0.4) is 0 Å². The fourth-order valence-electron chi connectivity index (χ4n) is 3.36. The lowest BCUT2D eigenvalue weighted by molar-refractivity contribution is 0.386. The number of rotatable bonds is 3. The monoisotopic (exact) mass is 379 g/mol. The fourth-order valence-corrected chi connectivity index (χ4v) is 5.08. The third kappa shape index (κ3) is 3.26. The highest BCUT2D eigenvalue weighted by Gasteiger charge is 2.30. The number of sulfonamides is 1. The molecule has 0 N–H and O–H groups in total. The molecule has 0 bridgehead atoms. The third-order valence-corrected chi connectivity index (χ3v) is 7.09. The standard InChI is InChI=1S/C21H21N3O2S/c1-15-7-6-10-20(16(15)2)27(25,26)24-12-11-19-18(14-24)13-22-21(23-19)17-8-4-3-5-9-17/h3-10,13H,11-12,14H2,1-2H3. The first kappa shape index (κ1) is 17.8. The van der Waals surface area contributed by atoms with Gasteiger partial charge in [0.2, 0.25) is 10.0 Å². The van der Waals surface area contributed by atoms with Gasteiger partial charge in [-0.05, 0) is 31.0 Å². The molecule has 0 aliphatic carbocycles. The summed E-state index contributed by atoms with van der Waals surface area (Å²) in [7, 11) is -3.54. The van der Waals surface area contributed by atoms with E-state index < -0.39 is 10.0 Å². The van der Waals surface area contributed by atoms with Crippen LogP contribution in [0, 0.1) is 13.8 Å². The summed E-state index contributed by atoms with van der Waals surface area (Å²) in [6.07, 6.45) is 2.34. The van der Waals surface area contributed by atoms with Gasteiger partial charge in [-0.2, -0.15) is 4.31 Å². The zero-order valence-electron chi connectivity index (χ0n) is 15.4. The van der Waals surface area contributed by atoms with Crippen molar-refractivity contribution in [2.24, 2.45) is 0 Å². The van der Waals surface area contributed by atoms with E-state index in [4.69, 9.17) is 0 Å². The van der Waals surface area contributed by atoms with Crippen molar-refractivity contribution in [3.63, 3.8) is 0 Å². The molecule has 3 aromatic rings.